The van der Waals surface area contributed by atoms with Gasteiger partial charge in [0.25, 0.3) is 0 Å². The van der Waals surface area contributed by atoms with Crippen LogP contribution >= 0.6 is 0 Å². The number of hydrogen-bond acceptors (Lipinski definition) is 3. The summed E-state index contributed by atoms with van der Waals surface area (Å²) in [5, 5.41) is 11.8. The van der Waals surface area contributed by atoms with Gasteiger partial charge >= 0.3 is 0 Å². The Morgan fingerprint density at radius 2 is 1.84 bits per heavy atom. The molecule has 0 fully saturated rings. The highest BCUT2D eigenvalue weighted by atomic mass is 16.5. The fraction of sp³-hybridized carbons (Fsp3) is 0.364. The highest BCUT2D eigenvalue weighted by molar-refractivity contribution is 5.56. The van der Waals surface area contributed by atoms with Crippen LogP contribution in [0.15, 0.2) is 60.2 Å². The van der Waals surface area contributed by atoms with Gasteiger partial charge in [0.05, 0.1) is 7.11 Å². The van der Waals surface area contributed by atoms with Gasteiger partial charge in [0.1, 0.15) is 11.4 Å². The smallest absolute Gasteiger partial charge is 0.119 e. The van der Waals surface area contributed by atoms with Crippen LogP contribution in [0.25, 0.3) is 6.08 Å². The summed E-state index contributed by atoms with van der Waals surface area (Å²) in [4.78, 5) is 2.10. The minimum Gasteiger partial charge on any atom is -0.497 e. The van der Waals surface area contributed by atoms with E-state index >= 15 is 0 Å². The molecule has 0 aliphatic heterocycles. The summed E-state index contributed by atoms with van der Waals surface area (Å²) in [6, 6.07) is 17.8. The summed E-state index contributed by atoms with van der Waals surface area (Å²) < 4.78 is 5.37. The number of aliphatic hydroxyl groups is 1. The fourth-order valence-corrected chi connectivity index (χ4v) is 3.35. The lowest BCUT2D eigenvalue weighted by Crippen LogP contribution is -2.40. The number of ether oxygens (including phenoxy) is 1. The van der Waals surface area contributed by atoms with Gasteiger partial charge in [-0.1, -0.05) is 55.5 Å². The summed E-state index contributed by atoms with van der Waals surface area (Å²) in [6.07, 6.45) is 2.06. The molecule has 134 valence electrons. The van der Waals surface area contributed by atoms with E-state index in [0.29, 0.717) is 0 Å². The van der Waals surface area contributed by atoms with E-state index in [1.807, 2.05) is 75.6 Å². The molecule has 0 aliphatic rings. The van der Waals surface area contributed by atoms with Crippen LogP contribution in [0.3, 0.4) is 0 Å². The summed E-state index contributed by atoms with van der Waals surface area (Å²) >= 11 is 0. The topological polar surface area (TPSA) is 32.7 Å². The Morgan fingerprint density at radius 1 is 1.16 bits per heavy atom. The Hall–Kier alpha value is -2.10. The number of hydrogen-bond donors (Lipinski definition) is 1. The van der Waals surface area contributed by atoms with Crippen molar-refractivity contribution in [1.82, 2.24) is 4.90 Å². The average Bonchev–Trinajstić information content (AvgIpc) is 2.61. The normalized spacial score (nSPS) is 15.7. The zero-order valence-corrected chi connectivity index (χ0v) is 15.9. The summed E-state index contributed by atoms with van der Waals surface area (Å²) in [5.41, 5.74) is 1.78. The van der Waals surface area contributed by atoms with Crippen molar-refractivity contribution in [1.29, 1.82) is 0 Å². The molecule has 0 amide bonds. The number of benzene rings is 2. The van der Waals surface area contributed by atoms with Crippen molar-refractivity contribution in [3.8, 4) is 5.75 Å². The Labute approximate surface area is 151 Å². The SMILES string of the molecule is COc1cccc(C(O)(/C(C)=C/c2ccccc2)C(C)CN(C)C)c1. The Bertz CT molecular complexity index is 709. The standard InChI is InChI=1S/C22H29NO2/c1-17(14-19-10-7-6-8-11-19)22(24,18(2)16-23(3)4)20-12-9-13-21(15-20)25-5/h6-15,18,24H,16H2,1-5H3/b17-14+. The van der Waals surface area contributed by atoms with E-state index < -0.39 is 5.60 Å². The molecule has 2 aromatic rings. The van der Waals surface area contributed by atoms with Crippen molar-refractivity contribution in [2.45, 2.75) is 19.4 Å². The summed E-state index contributed by atoms with van der Waals surface area (Å²) in [6.45, 7) is 4.86. The Kier molecular flexibility index (Phi) is 6.40. The van der Waals surface area contributed by atoms with Crippen molar-refractivity contribution in [3.63, 3.8) is 0 Å². The van der Waals surface area contributed by atoms with E-state index in [9.17, 15) is 5.11 Å². The minimum atomic E-state index is -1.07. The molecule has 2 unspecified atom stereocenters. The van der Waals surface area contributed by atoms with Crippen LogP contribution in [0.5, 0.6) is 5.75 Å². The van der Waals surface area contributed by atoms with Gasteiger partial charge in [-0.05, 0) is 49.9 Å². The van der Waals surface area contributed by atoms with Crippen LogP contribution in [-0.4, -0.2) is 37.8 Å². The van der Waals surface area contributed by atoms with Gasteiger partial charge < -0.3 is 14.7 Å². The molecule has 2 atom stereocenters. The maximum Gasteiger partial charge on any atom is 0.119 e. The van der Waals surface area contributed by atoms with Crippen molar-refractivity contribution < 1.29 is 9.84 Å². The van der Waals surface area contributed by atoms with Crippen molar-refractivity contribution >= 4 is 6.08 Å². The van der Waals surface area contributed by atoms with E-state index in [4.69, 9.17) is 4.74 Å². The molecule has 0 bridgehead atoms. The third-order valence-electron chi connectivity index (χ3n) is 4.65. The van der Waals surface area contributed by atoms with Crippen molar-refractivity contribution in [2.24, 2.45) is 5.92 Å². The lowest BCUT2D eigenvalue weighted by atomic mass is 9.76. The molecule has 0 saturated heterocycles. The first-order chi connectivity index (χ1) is 11.9. The second kappa shape index (κ2) is 8.32. The zero-order chi connectivity index (χ0) is 18.4. The average molecular weight is 339 g/mol. The first kappa shape index (κ1) is 19.2. The fourth-order valence-electron chi connectivity index (χ4n) is 3.35. The maximum atomic E-state index is 11.8. The van der Waals surface area contributed by atoms with Crippen LogP contribution in [0.1, 0.15) is 25.0 Å². The number of nitrogens with zero attached hydrogens (tertiary/aromatic N) is 1. The molecule has 2 rings (SSSR count). The predicted molar refractivity (Wildman–Crippen MR) is 105 cm³/mol. The zero-order valence-electron chi connectivity index (χ0n) is 15.9. The molecule has 3 nitrogen and oxygen atoms in total. The molecule has 0 aliphatic carbocycles. The van der Waals surface area contributed by atoms with Crippen LogP contribution in [0.2, 0.25) is 0 Å². The lowest BCUT2D eigenvalue weighted by Gasteiger charge is -2.37. The number of rotatable bonds is 7. The van der Waals surface area contributed by atoms with Gasteiger partial charge in [-0.3, -0.25) is 0 Å². The molecule has 2 aromatic carbocycles. The lowest BCUT2D eigenvalue weighted by molar-refractivity contribution is 0.0104. The Balaban J connectivity index is 2.53. The molecule has 0 spiro atoms. The highest BCUT2D eigenvalue weighted by Crippen LogP contribution is 2.39. The second-order valence-electron chi connectivity index (χ2n) is 6.90. The van der Waals surface area contributed by atoms with Crippen LogP contribution < -0.4 is 4.74 Å². The molecule has 0 heterocycles. The van der Waals surface area contributed by atoms with Gasteiger partial charge in [-0.25, -0.2) is 0 Å². The number of methoxy groups -OCH3 is 1. The van der Waals surface area contributed by atoms with Gasteiger partial charge in [0, 0.05) is 12.5 Å². The molecule has 1 N–H and O–H groups in total. The largest absolute Gasteiger partial charge is 0.497 e. The predicted octanol–water partition coefficient (Wildman–Crippen LogP) is 4.18. The van der Waals surface area contributed by atoms with Gasteiger partial charge in [-0.15, -0.1) is 0 Å². The van der Waals surface area contributed by atoms with E-state index in [-0.39, 0.29) is 5.92 Å². The first-order valence-corrected chi connectivity index (χ1v) is 8.63. The van der Waals surface area contributed by atoms with Crippen LogP contribution in [0.4, 0.5) is 0 Å². The molecule has 0 radical (unpaired) electrons. The minimum absolute atomic E-state index is 0.00886. The van der Waals surface area contributed by atoms with Gasteiger partial charge in [0.2, 0.25) is 0 Å². The molecule has 0 aromatic heterocycles. The molecule has 25 heavy (non-hydrogen) atoms. The third-order valence-corrected chi connectivity index (χ3v) is 4.65. The summed E-state index contributed by atoms with van der Waals surface area (Å²) in [5.74, 6) is 0.759. The second-order valence-corrected chi connectivity index (χ2v) is 6.90. The van der Waals surface area contributed by atoms with Crippen molar-refractivity contribution in [3.05, 3.63) is 71.3 Å². The van der Waals surface area contributed by atoms with Crippen LogP contribution in [0, 0.1) is 5.92 Å². The third kappa shape index (κ3) is 4.50. The maximum absolute atomic E-state index is 11.8. The van der Waals surface area contributed by atoms with Gasteiger partial charge in [-0.2, -0.15) is 0 Å². The van der Waals surface area contributed by atoms with E-state index in [2.05, 4.69) is 17.9 Å². The van der Waals surface area contributed by atoms with Gasteiger partial charge in [0.15, 0.2) is 0 Å². The first-order valence-electron chi connectivity index (χ1n) is 8.63. The molecular weight excluding hydrogens is 310 g/mol. The highest BCUT2D eigenvalue weighted by Gasteiger charge is 2.38. The van der Waals surface area contributed by atoms with Crippen molar-refractivity contribution in [2.75, 3.05) is 27.7 Å². The summed E-state index contributed by atoms with van der Waals surface area (Å²) in [7, 11) is 5.70. The van der Waals surface area contributed by atoms with E-state index in [1.165, 1.54) is 0 Å². The Morgan fingerprint density at radius 3 is 2.44 bits per heavy atom. The van der Waals surface area contributed by atoms with E-state index in [1.54, 1.807) is 7.11 Å². The molecular formula is C22H29NO2. The quantitative estimate of drug-likeness (QED) is 0.821. The van der Waals surface area contributed by atoms with E-state index in [0.717, 1.165) is 29.0 Å². The van der Waals surface area contributed by atoms with Crippen LogP contribution in [-0.2, 0) is 5.60 Å². The molecule has 0 saturated carbocycles. The monoisotopic (exact) mass is 339 g/mol. The molecule has 3 heteroatoms.